The molecule has 7 aromatic rings. The highest BCUT2D eigenvalue weighted by atomic mass is 32.2. The minimum Gasteiger partial charge on any atom is -0.478 e. The fraction of sp³-hybridized carbons (Fsp3) is 0.234. The average molecular weight is 910 g/mol. The number of hydrogen-bond donors (Lipinski definition) is 1. The van der Waals surface area contributed by atoms with Crippen molar-refractivity contribution in [3.05, 3.63) is 249 Å². The Kier molecular flexibility index (Phi) is 13.6. The Hall–Kier alpha value is -6.62. The number of anilines is 1. The first-order chi connectivity index (χ1) is 32.9. The summed E-state index contributed by atoms with van der Waals surface area (Å²) in [7, 11) is 0. The largest absolute Gasteiger partial charge is 0.478 e. The first kappa shape index (κ1) is 46.5. The van der Waals surface area contributed by atoms with Gasteiger partial charge in [0.25, 0.3) is 0 Å². The number of carboxylic acids is 1. The maximum atomic E-state index is 11.9. The monoisotopic (exact) mass is 909 g/mol. The smallest absolute Gasteiger partial charge is 0.335 e. The molecule has 1 heterocycles. The summed E-state index contributed by atoms with van der Waals surface area (Å²) in [4.78, 5) is 16.8. The number of nitrogens with zero attached hydrogens (tertiary/aromatic N) is 1. The normalized spacial score (nSPS) is 18.3. The third-order valence-corrected chi connectivity index (χ3v) is 15.7. The van der Waals surface area contributed by atoms with Crippen molar-refractivity contribution in [2.24, 2.45) is 5.92 Å². The summed E-state index contributed by atoms with van der Waals surface area (Å²) in [6.45, 7) is 17.6. The van der Waals surface area contributed by atoms with Gasteiger partial charge in [0.15, 0.2) is 0 Å². The van der Waals surface area contributed by atoms with E-state index in [0.29, 0.717) is 5.92 Å². The quantitative estimate of drug-likeness (QED) is 0.104. The summed E-state index contributed by atoms with van der Waals surface area (Å²) >= 11 is 1.75. The highest BCUT2D eigenvalue weighted by Gasteiger charge is 2.44. The minimum absolute atomic E-state index is 0.290. The molecule has 342 valence electrons. The van der Waals surface area contributed by atoms with E-state index in [2.05, 4.69) is 197 Å². The van der Waals surface area contributed by atoms with E-state index < -0.39 is 11.4 Å². The molecule has 0 amide bonds. The first-order valence-corrected chi connectivity index (χ1v) is 25.1. The summed E-state index contributed by atoms with van der Waals surface area (Å²) in [6.07, 6.45) is 15.2. The van der Waals surface area contributed by atoms with Crippen LogP contribution >= 0.6 is 11.8 Å². The van der Waals surface area contributed by atoms with Crippen LogP contribution in [-0.2, 0) is 23.7 Å². The number of hydrogen-bond acceptors (Lipinski definition) is 3. The van der Waals surface area contributed by atoms with Gasteiger partial charge < -0.3 is 10.0 Å². The molecule has 0 bridgehead atoms. The Morgan fingerprint density at radius 2 is 1.41 bits per heavy atom. The van der Waals surface area contributed by atoms with E-state index >= 15 is 0 Å². The van der Waals surface area contributed by atoms with Gasteiger partial charge in [-0.25, -0.2) is 4.79 Å². The lowest BCUT2D eigenvalue weighted by Crippen LogP contribution is -2.31. The lowest BCUT2D eigenvalue weighted by Gasteiger charge is -2.34. The van der Waals surface area contributed by atoms with Crippen molar-refractivity contribution in [1.82, 2.24) is 0 Å². The van der Waals surface area contributed by atoms with E-state index in [1.165, 1.54) is 76.8 Å². The van der Waals surface area contributed by atoms with Gasteiger partial charge in [0.1, 0.15) is 0 Å². The van der Waals surface area contributed by atoms with Crippen molar-refractivity contribution in [2.45, 2.75) is 88.9 Å². The first-order valence-electron chi connectivity index (χ1n) is 24.3. The van der Waals surface area contributed by atoms with Crippen LogP contribution in [0.5, 0.6) is 0 Å². The van der Waals surface area contributed by atoms with Gasteiger partial charge >= 0.3 is 5.97 Å². The molecule has 0 saturated carbocycles. The molecule has 0 spiro atoms. The highest BCUT2D eigenvalue weighted by molar-refractivity contribution is 8.03. The van der Waals surface area contributed by atoms with Gasteiger partial charge in [-0.2, -0.15) is 0 Å². The number of carboxylic acid groups (broad SMARTS) is 1. The number of allylic oxidation sites excluding steroid dienone is 8. The number of aromatic carboxylic acids is 1. The molecule has 1 aliphatic heterocycles. The molecule has 7 aromatic carbocycles. The molecule has 9 rings (SSSR count). The molecule has 68 heavy (non-hydrogen) atoms. The third kappa shape index (κ3) is 9.45. The van der Waals surface area contributed by atoms with Gasteiger partial charge in [-0.1, -0.05) is 185 Å². The van der Waals surface area contributed by atoms with Crippen LogP contribution in [0.2, 0.25) is 0 Å². The van der Waals surface area contributed by atoms with E-state index in [9.17, 15) is 9.90 Å². The predicted octanol–water partition coefficient (Wildman–Crippen LogP) is 16.7. The Bertz CT molecular complexity index is 3120. The maximum absolute atomic E-state index is 11.9. The summed E-state index contributed by atoms with van der Waals surface area (Å²) in [5, 5.41) is 14.9. The van der Waals surface area contributed by atoms with Gasteiger partial charge in [-0.05, 0) is 161 Å². The number of rotatable bonds is 15. The second-order valence-electron chi connectivity index (χ2n) is 19.7. The number of aryl methyl sites for hydroxylation is 1. The van der Waals surface area contributed by atoms with Gasteiger partial charge in [0.05, 0.1) is 5.56 Å². The summed E-state index contributed by atoms with van der Waals surface area (Å²) in [6, 6.07) is 55.9. The summed E-state index contributed by atoms with van der Waals surface area (Å²) < 4.78 is 0. The van der Waals surface area contributed by atoms with Crippen LogP contribution in [0.15, 0.2) is 221 Å². The van der Waals surface area contributed by atoms with Gasteiger partial charge in [-0.3, -0.25) is 0 Å². The SMILES string of the molecule is C=C(/C=C/C1=C(Sc2ccc(C(=O)O)cc2)C(=C/C=C2/N(CCC(C)C)c3ccc4ccccc4c3C2(C)Cc2ccccc2)/CCC1)C(C)(Cc1ccccc1)c1c(C)ccc2ccccc12. The molecule has 0 fully saturated rings. The zero-order chi connectivity index (χ0) is 47.4. The number of thioether (sulfide) groups is 1. The lowest BCUT2D eigenvalue weighted by atomic mass is 9.69. The molecule has 0 radical (unpaired) electrons. The molecule has 2 atom stereocenters. The fourth-order valence-corrected chi connectivity index (χ4v) is 12.0. The van der Waals surface area contributed by atoms with Crippen molar-refractivity contribution in [2.75, 3.05) is 11.4 Å². The molecule has 1 aliphatic carbocycles. The van der Waals surface area contributed by atoms with Gasteiger partial charge in [0, 0.05) is 38.6 Å². The molecular formula is C64H63NO2S. The Morgan fingerprint density at radius 3 is 2.10 bits per heavy atom. The standard InChI is InChI=1S/C64H63NO2S/c1-44(2)40-41-65-57-38-34-50-23-14-16-27-56(50)60(57)64(6,43-48-20-11-8-12-21-48)58(65)39-35-52-25-17-24-51(61(52)68-54-36-32-53(33-37-54)62(66)67)31-29-46(4)63(5,42-47-18-9-7-10-19-47)59-45(3)28-30-49-22-13-15-26-55(49)59/h7-16,18-23,26-39,44H,4,17,24-25,40-43H2,1-3,5-6H3,(H,66,67)/b31-29+,52-35+,58-39+. The predicted molar refractivity (Wildman–Crippen MR) is 289 cm³/mol. The Morgan fingerprint density at radius 1 is 0.779 bits per heavy atom. The van der Waals surface area contributed by atoms with E-state index in [1.807, 2.05) is 12.1 Å². The van der Waals surface area contributed by atoms with Crippen LogP contribution in [-0.4, -0.2) is 17.6 Å². The highest BCUT2D eigenvalue weighted by Crippen LogP contribution is 2.53. The second kappa shape index (κ2) is 19.9. The van der Waals surface area contributed by atoms with Crippen LogP contribution in [0.4, 0.5) is 5.69 Å². The number of benzene rings is 7. The molecular weight excluding hydrogens is 847 g/mol. The molecule has 2 unspecified atom stereocenters. The lowest BCUT2D eigenvalue weighted by molar-refractivity contribution is 0.0696. The topological polar surface area (TPSA) is 40.5 Å². The average Bonchev–Trinajstić information content (AvgIpc) is 3.58. The molecule has 1 N–H and O–H groups in total. The number of fused-ring (bicyclic) bond motifs is 4. The third-order valence-electron chi connectivity index (χ3n) is 14.5. The molecule has 4 heteroatoms. The van der Waals surface area contributed by atoms with Gasteiger partial charge in [0.2, 0.25) is 0 Å². The number of carbonyl (C=O) groups is 1. The van der Waals surface area contributed by atoms with Crippen molar-refractivity contribution in [1.29, 1.82) is 0 Å². The van der Waals surface area contributed by atoms with Crippen molar-refractivity contribution >= 4 is 45.0 Å². The van der Waals surface area contributed by atoms with Crippen LogP contribution in [0.25, 0.3) is 21.5 Å². The van der Waals surface area contributed by atoms with Crippen molar-refractivity contribution < 1.29 is 9.90 Å². The van der Waals surface area contributed by atoms with Gasteiger partial charge in [-0.15, -0.1) is 0 Å². The van der Waals surface area contributed by atoms with Crippen LogP contribution in [0, 0.1) is 12.8 Å². The molecule has 0 saturated heterocycles. The summed E-state index contributed by atoms with van der Waals surface area (Å²) in [5.74, 6) is -0.363. The van der Waals surface area contributed by atoms with E-state index in [-0.39, 0.29) is 11.0 Å². The van der Waals surface area contributed by atoms with Crippen LogP contribution in [0.3, 0.4) is 0 Å². The molecule has 2 aliphatic rings. The van der Waals surface area contributed by atoms with Crippen molar-refractivity contribution in [3.8, 4) is 0 Å². The second-order valence-corrected chi connectivity index (χ2v) is 20.8. The zero-order valence-corrected chi connectivity index (χ0v) is 41.1. The fourth-order valence-electron chi connectivity index (χ4n) is 10.9. The summed E-state index contributed by atoms with van der Waals surface area (Å²) in [5.41, 5.74) is 12.4. The van der Waals surface area contributed by atoms with Crippen molar-refractivity contribution in [3.63, 3.8) is 0 Å². The zero-order valence-electron chi connectivity index (χ0n) is 40.3. The molecule has 3 nitrogen and oxygen atoms in total. The minimum atomic E-state index is -0.918. The van der Waals surface area contributed by atoms with Crippen LogP contribution in [0.1, 0.15) is 91.6 Å². The Balaban J connectivity index is 1.19. The van der Waals surface area contributed by atoms with Crippen LogP contribution < -0.4 is 4.90 Å². The van der Waals surface area contributed by atoms with E-state index in [4.69, 9.17) is 6.58 Å². The maximum Gasteiger partial charge on any atom is 0.335 e. The van der Waals surface area contributed by atoms with E-state index in [1.54, 1.807) is 23.9 Å². The Labute approximate surface area is 408 Å². The van der Waals surface area contributed by atoms with E-state index in [0.717, 1.165) is 55.5 Å². The molecule has 0 aromatic heterocycles.